The van der Waals surface area contributed by atoms with Crippen LogP contribution in [0.4, 0.5) is 36.4 Å². The lowest BCUT2D eigenvalue weighted by Gasteiger charge is -2.26. The first-order valence-electron chi connectivity index (χ1n) is 10.5. The molecule has 2 aromatic rings. The fraction of sp³-hybridized carbons (Fsp3) is 0.364. The molecule has 1 aromatic heterocycles. The normalized spacial score (nSPS) is 19.9. The molecule has 1 atom stereocenters. The van der Waals surface area contributed by atoms with Crippen molar-refractivity contribution in [1.29, 1.82) is 0 Å². The summed E-state index contributed by atoms with van der Waals surface area (Å²) in [5.41, 5.74) is -0.644. The van der Waals surface area contributed by atoms with E-state index >= 15 is 0 Å². The topological polar surface area (TPSA) is 65.9 Å². The summed E-state index contributed by atoms with van der Waals surface area (Å²) in [7, 11) is -3.40. The molecule has 0 fully saturated rings. The van der Waals surface area contributed by atoms with Crippen molar-refractivity contribution in [1.82, 2.24) is 9.29 Å². The Morgan fingerprint density at radius 1 is 1.06 bits per heavy atom. The van der Waals surface area contributed by atoms with Crippen LogP contribution in [0.15, 0.2) is 47.8 Å². The average molecular weight is 536 g/mol. The number of rotatable bonds is 5. The quantitative estimate of drug-likeness (QED) is 0.510. The third-order valence-electron chi connectivity index (χ3n) is 5.94. The van der Waals surface area contributed by atoms with Crippen molar-refractivity contribution in [2.75, 3.05) is 24.4 Å². The Balaban J connectivity index is 1.72. The molecule has 14 heteroatoms. The van der Waals surface area contributed by atoms with Crippen molar-refractivity contribution in [3.8, 4) is 0 Å². The molecule has 0 bridgehead atoms. The summed E-state index contributed by atoms with van der Waals surface area (Å²) in [5.74, 6) is -7.43. The van der Waals surface area contributed by atoms with Gasteiger partial charge in [-0.1, -0.05) is 6.08 Å². The van der Waals surface area contributed by atoms with Crippen LogP contribution in [0, 0.1) is 11.6 Å². The summed E-state index contributed by atoms with van der Waals surface area (Å²) < 4.78 is 120. The Morgan fingerprint density at radius 3 is 2.36 bits per heavy atom. The van der Waals surface area contributed by atoms with E-state index in [1.165, 1.54) is 22.8 Å². The zero-order valence-corrected chi connectivity index (χ0v) is 19.4. The summed E-state index contributed by atoms with van der Waals surface area (Å²) >= 11 is 0. The fourth-order valence-electron chi connectivity index (χ4n) is 4.04. The summed E-state index contributed by atoms with van der Waals surface area (Å²) in [4.78, 5) is 4.06. The van der Waals surface area contributed by atoms with Crippen LogP contribution in [0.25, 0.3) is 5.57 Å². The van der Waals surface area contributed by atoms with E-state index < -0.39 is 57.6 Å². The number of nitrogens with zero attached hydrogens (tertiary/aromatic N) is 4. The number of halogens is 7. The van der Waals surface area contributed by atoms with E-state index in [9.17, 15) is 39.2 Å². The van der Waals surface area contributed by atoms with Crippen LogP contribution >= 0.6 is 0 Å². The highest BCUT2D eigenvalue weighted by atomic mass is 32.2. The van der Waals surface area contributed by atoms with Gasteiger partial charge in [-0.15, -0.1) is 0 Å². The van der Waals surface area contributed by atoms with Gasteiger partial charge < -0.3 is 0 Å². The van der Waals surface area contributed by atoms with Crippen LogP contribution in [-0.2, 0) is 10.0 Å². The fourth-order valence-corrected chi connectivity index (χ4v) is 4.81. The predicted molar refractivity (Wildman–Crippen MR) is 118 cm³/mol. The number of hydrogen-bond donors (Lipinski definition) is 0. The maximum Gasteiger partial charge on any atom is 0.459 e. The third-order valence-corrected chi connectivity index (χ3v) is 7.21. The van der Waals surface area contributed by atoms with Gasteiger partial charge in [0.05, 0.1) is 18.0 Å². The minimum Gasteiger partial charge on any atom is -0.264 e. The van der Waals surface area contributed by atoms with Crippen LogP contribution in [0.2, 0.25) is 0 Å². The molecule has 3 heterocycles. The van der Waals surface area contributed by atoms with E-state index in [0.717, 1.165) is 18.4 Å². The van der Waals surface area contributed by atoms with Crippen molar-refractivity contribution in [3.63, 3.8) is 0 Å². The van der Waals surface area contributed by atoms with Crippen LogP contribution < -0.4 is 5.01 Å². The van der Waals surface area contributed by atoms with Crippen LogP contribution in [0.3, 0.4) is 0 Å². The molecular weight excluding hydrogens is 517 g/mol. The number of pyridine rings is 1. The zero-order chi connectivity index (χ0) is 26.5. The predicted octanol–water partition coefficient (Wildman–Crippen LogP) is 4.91. The van der Waals surface area contributed by atoms with Gasteiger partial charge in [0.15, 0.2) is 5.82 Å². The Bertz CT molecular complexity index is 1340. The molecule has 2 aliphatic rings. The Hall–Kier alpha value is -3.00. The van der Waals surface area contributed by atoms with Gasteiger partial charge in [0.1, 0.15) is 11.5 Å². The van der Waals surface area contributed by atoms with E-state index in [4.69, 9.17) is 0 Å². The average Bonchev–Trinajstić information content (AvgIpc) is 3.24. The molecule has 36 heavy (non-hydrogen) atoms. The number of sulfonamides is 1. The van der Waals surface area contributed by atoms with E-state index in [0.29, 0.717) is 28.6 Å². The SMILES string of the molecule is CS(=O)(=O)N1CC=C(c2cncc(C3CC(C(F)(F)C(F)(F)F)=NN3c3ccc(F)cc3F)c2)CC1. The van der Waals surface area contributed by atoms with Crippen molar-refractivity contribution in [3.05, 3.63) is 65.5 Å². The molecule has 0 N–H and O–H groups in total. The van der Waals surface area contributed by atoms with E-state index in [-0.39, 0.29) is 18.7 Å². The molecule has 4 rings (SSSR count). The molecule has 0 saturated heterocycles. The lowest BCUT2D eigenvalue weighted by Crippen LogP contribution is -2.43. The van der Waals surface area contributed by atoms with Gasteiger partial charge in [-0.3, -0.25) is 9.99 Å². The molecule has 0 amide bonds. The minimum absolute atomic E-state index is 0.0970. The Morgan fingerprint density at radius 2 is 1.78 bits per heavy atom. The molecular formula is C22H19F7N4O2S. The molecule has 1 unspecified atom stereocenters. The van der Waals surface area contributed by atoms with Crippen molar-refractivity contribution in [2.24, 2.45) is 5.10 Å². The summed E-state index contributed by atoms with van der Waals surface area (Å²) in [6.07, 6.45) is -1.11. The number of anilines is 1. The van der Waals surface area contributed by atoms with Gasteiger partial charge in [0.2, 0.25) is 10.0 Å². The van der Waals surface area contributed by atoms with E-state index in [1.807, 2.05) is 0 Å². The second kappa shape index (κ2) is 9.14. The first-order chi connectivity index (χ1) is 16.7. The summed E-state index contributed by atoms with van der Waals surface area (Å²) in [6.45, 7) is 0.288. The smallest absolute Gasteiger partial charge is 0.264 e. The highest BCUT2D eigenvalue weighted by molar-refractivity contribution is 7.88. The van der Waals surface area contributed by atoms with Crippen molar-refractivity contribution >= 4 is 27.0 Å². The molecule has 2 aliphatic heterocycles. The molecule has 6 nitrogen and oxygen atoms in total. The van der Waals surface area contributed by atoms with Gasteiger partial charge in [-0.2, -0.15) is 31.4 Å². The van der Waals surface area contributed by atoms with Gasteiger partial charge in [0, 0.05) is 38.0 Å². The number of hydrogen-bond acceptors (Lipinski definition) is 5. The van der Waals surface area contributed by atoms with Crippen LogP contribution in [0.1, 0.15) is 30.0 Å². The number of hydrazone groups is 1. The lowest BCUT2D eigenvalue weighted by atomic mass is 9.95. The maximum absolute atomic E-state index is 14.5. The molecule has 1 aromatic carbocycles. The third kappa shape index (κ3) is 4.96. The number of aromatic nitrogens is 1. The maximum atomic E-state index is 14.5. The number of benzene rings is 1. The minimum atomic E-state index is -5.92. The van der Waals surface area contributed by atoms with Crippen molar-refractivity contribution < 1.29 is 39.2 Å². The van der Waals surface area contributed by atoms with Gasteiger partial charge in [0.25, 0.3) is 0 Å². The first-order valence-corrected chi connectivity index (χ1v) is 12.4. The largest absolute Gasteiger partial charge is 0.459 e. The second-order valence-electron chi connectivity index (χ2n) is 8.39. The van der Waals surface area contributed by atoms with Crippen LogP contribution in [-0.4, -0.2) is 54.9 Å². The molecule has 0 saturated carbocycles. The molecule has 194 valence electrons. The van der Waals surface area contributed by atoms with Gasteiger partial charge >= 0.3 is 12.1 Å². The molecule has 0 aliphatic carbocycles. The van der Waals surface area contributed by atoms with Gasteiger partial charge in [-0.25, -0.2) is 17.2 Å². The van der Waals surface area contributed by atoms with E-state index in [1.54, 1.807) is 6.08 Å². The van der Waals surface area contributed by atoms with Crippen molar-refractivity contribution in [2.45, 2.75) is 31.0 Å². The van der Waals surface area contributed by atoms with Crippen LogP contribution in [0.5, 0.6) is 0 Å². The Labute approximate surface area is 201 Å². The Kier molecular flexibility index (Phi) is 6.62. The standard InChI is InChI=1S/C22H19F7N4O2S/c1-36(34,35)32-6-4-13(5-7-32)14-8-15(12-30-11-14)19-10-20(21(25,26)22(27,28)29)31-33(19)18-3-2-16(23)9-17(18)24/h2-4,8-9,11-12,19H,5-7,10H2,1H3. The lowest BCUT2D eigenvalue weighted by molar-refractivity contribution is -0.249. The van der Waals surface area contributed by atoms with Gasteiger partial charge in [-0.05, 0) is 41.3 Å². The highest BCUT2D eigenvalue weighted by Crippen LogP contribution is 2.45. The number of alkyl halides is 5. The summed E-state index contributed by atoms with van der Waals surface area (Å²) in [6, 6.07) is 2.41. The summed E-state index contributed by atoms with van der Waals surface area (Å²) in [5, 5.41) is 4.10. The monoisotopic (exact) mass is 536 g/mol. The molecule has 0 spiro atoms. The zero-order valence-electron chi connectivity index (χ0n) is 18.6. The van der Waals surface area contributed by atoms with E-state index in [2.05, 4.69) is 10.1 Å². The highest BCUT2D eigenvalue weighted by Gasteiger charge is 2.63. The first kappa shape index (κ1) is 26.1. The second-order valence-corrected chi connectivity index (χ2v) is 10.4. The molecule has 0 radical (unpaired) electrons.